The lowest BCUT2D eigenvalue weighted by molar-refractivity contribution is 0.350. The number of hydrogen-bond acceptors (Lipinski definition) is 3. The zero-order valence-corrected chi connectivity index (χ0v) is 13.1. The minimum Gasteiger partial charge on any atom is -0.493 e. The Hall–Kier alpha value is -2.00. The van der Waals surface area contributed by atoms with Crippen LogP contribution in [-0.2, 0) is 6.54 Å². The molecule has 0 unspecified atom stereocenters. The van der Waals surface area contributed by atoms with Crippen molar-refractivity contribution >= 4 is 0 Å². The van der Waals surface area contributed by atoms with Crippen molar-refractivity contribution in [3.8, 4) is 11.5 Å². The molecule has 21 heavy (non-hydrogen) atoms. The van der Waals surface area contributed by atoms with Crippen molar-refractivity contribution in [2.45, 2.75) is 26.4 Å². The highest BCUT2D eigenvalue weighted by Gasteiger charge is 2.12. The Morgan fingerprint density at radius 3 is 2.43 bits per heavy atom. The molecule has 0 aromatic heterocycles. The number of benzene rings is 2. The average molecular weight is 285 g/mol. The number of methoxy groups -OCH3 is 2. The van der Waals surface area contributed by atoms with Crippen LogP contribution in [0.25, 0.3) is 0 Å². The Balaban J connectivity index is 2.11. The highest BCUT2D eigenvalue weighted by Crippen LogP contribution is 2.31. The molecule has 0 aliphatic carbocycles. The van der Waals surface area contributed by atoms with Crippen LogP contribution < -0.4 is 14.8 Å². The lowest BCUT2D eigenvalue weighted by Gasteiger charge is -2.18. The Morgan fingerprint density at radius 1 is 1.00 bits per heavy atom. The monoisotopic (exact) mass is 285 g/mol. The summed E-state index contributed by atoms with van der Waals surface area (Å²) >= 11 is 0. The number of rotatable bonds is 6. The van der Waals surface area contributed by atoms with Crippen molar-refractivity contribution in [1.29, 1.82) is 0 Å². The molecular formula is C18H23NO2. The van der Waals surface area contributed by atoms with Gasteiger partial charge in [0, 0.05) is 18.2 Å². The van der Waals surface area contributed by atoms with E-state index in [4.69, 9.17) is 9.47 Å². The minimum atomic E-state index is 0.280. The van der Waals surface area contributed by atoms with Crippen molar-refractivity contribution in [3.05, 3.63) is 59.2 Å². The summed E-state index contributed by atoms with van der Waals surface area (Å²) in [5, 5.41) is 3.55. The summed E-state index contributed by atoms with van der Waals surface area (Å²) in [4.78, 5) is 0. The summed E-state index contributed by atoms with van der Waals surface area (Å²) in [5.74, 6) is 1.56. The second kappa shape index (κ2) is 7.14. The predicted molar refractivity (Wildman–Crippen MR) is 86.0 cm³/mol. The van der Waals surface area contributed by atoms with E-state index in [1.807, 2.05) is 12.1 Å². The maximum Gasteiger partial charge on any atom is 0.165 e. The molecule has 1 N–H and O–H groups in total. The van der Waals surface area contributed by atoms with Crippen LogP contribution in [0.2, 0.25) is 0 Å². The first-order valence-corrected chi connectivity index (χ1v) is 7.16. The van der Waals surface area contributed by atoms with Crippen LogP contribution in [0.1, 0.15) is 29.7 Å². The SMILES string of the molecule is COc1cccc(CN[C@H](C)c2ccccc2C)c1OC. The van der Waals surface area contributed by atoms with E-state index in [0.717, 1.165) is 23.6 Å². The molecule has 0 saturated heterocycles. The molecule has 112 valence electrons. The van der Waals surface area contributed by atoms with E-state index in [2.05, 4.69) is 49.5 Å². The number of nitrogens with one attached hydrogen (secondary N) is 1. The molecule has 0 amide bonds. The zero-order valence-electron chi connectivity index (χ0n) is 13.1. The molecule has 0 fully saturated rings. The lowest BCUT2D eigenvalue weighted by Crippen LogP contribution is -2.19. The summed E-state index contributed by atoms with van der Waals surface area (Å²) in [6.07, 6.45) is 0. The van der Waals surface area contributed by atoms with Crippen LogP contribution in [0.3, 0.4) is 0 Å². The first kappa shape index (κ1) is 15.4. The van der Waals surface area contributed by atoms with Gasteiger partial charge >= 0.3 is 0 Å². The van der Waals surface area contributed by atoms with E-state index in [-0.39, 0.29) is 6.04 Å². The van der Waals surface area contributed by atoms with Gasteiger partial charge in [-0.1, -0.05) is 36.4 Å². The van der Waals surface area contributed by atoms with E-state index in [1.165, 1.54) is 11.1 Å². The van der Waals surface area contributed by atoms with E-state index < -0.39 is 0 Å². The largest absolute Gasteiger partial charge is 0.493 e. The molecule has 2 aromatic rings. The fourth-order valence-corrected chi connectivity index (χ4v) is 2.54. The predicted octanol–water partition coefficient (Wildman–Crippen LogP) is 3.86. The van der Waals surface area contributed by atoms with Gasteiger partial charge < -0.3 is 14.8 Å². The maximum atomic E-state index is 5.46. The average Bonchev–Trinajstić information content (AvgIpc) is 2.52. The van der Waals surface area contributed by atoms with Crippen molar-refractivity contribution in [2.75, 3.05) is 14.2 Å². The van der Waals surface area contributed by atoms with Gasteiger partial charge in [-0.25, -0.2) is 0 Å². The van der Waals surface area contributed by atoms with E-state index >= 15 is 0 Å². The first-order valence-electron chi connectivity index (χ1n) is 7.16. The Kier molecular flexibility index (Phi) is 5.23. The molecule has 0 radical (unpaired) electrons. The van der Waals surface area contributed by atoms with Gasteiger partial charge in [-0.05, 0) is 31.0 Å². The molecule has 0 aliphatic heterocycles. The maximum absolute atomic E-state index is 5.46. The molecule has 3 nitrogen and oxygen atoms in total. The van der Waals surface area contributed by atoms with Crippen molar-refractivity contribution in [1.82, 2.24) is 5.32 Å². The zero-order chi connectivity index (χ0) is 15.2. The summed E-state index contributed by atoms with van der Waals surface area (Å²) < 4.78 is 10.8. The number of para-hydroxylation sites is 1. The van der Waals surface area contributed by atoms with Crippen LogP contribution in [0.15, 0.2) is 42.5 Å². The second-order valence-electron chi connectivity index (χ2n) is 5.11. The third-order valence-electron chi connectivity index (χ3n) is 3.74. The van der Waals surface area contributed by atoms with Crippen LogP contribution in [0.5, 0.6) is 11.5 Å². The van der Waals surface area contributed by atoms with Gasteiger partial charge in [0.2, 0.25) is 0 Å². The van der Waals surface area contributed by atoms with Crippen LogP contribution >= 0.6 is 0 Å². The van der Waals surface area contributed by atoms with Crippen LogP contribution in [0.4, 0.5) is 0 Å². The van der Waals surface area contributed by atoms with Gasteiger partial charge in [-0.3, -0.25) is 0 Å². The Morgan fingerprint density at radius 2 is 1.76 bits per heavy atom. The van der Waals surface area contributed by atoms with E-state index in [1.54, 1.807) is 14.2 Å². The third kappa shape index (κ3) is 3.56. The fourth-order valence-electron chi connectivity index (χ4n) is 2.54. The molecule has 0 heterocycles. The number of ether oxygens (including phenoxy) is 2. The highest BCUT2D eigenvalue weighted by molar-refractivity contribution is 5.46. The molecular weight excluding hydrogens is 262 g/mol. The van der Waals surface area contributed by atoms with Gasteiger partial charge in [0.15, 0.2) is 11.5 Å². The third-order valence-corrected chi connectivity index (χ3v) is 3.74. The molecule has 3 heteroatoms. The highest BCUT2D eigenvalue weighted by atomic mass is 16.5. The smallest absolute Gasteiger partial charge is 0.165 e. The van der Waals surface area contributed by atoms with Gasteiger partial charge in [-0.15, -0.1) is 0 Å². The molecule has 1 atom stereocenters. The number of aryl methyl sites for hydroxylation is 1. The minimum absolute atomic E-state index is 0.280. The normalized spacial score (nSPS) is 12.0. The van der Waals surface area contributed by atoms with Crippen molar-refractivity contribution < 1.29 is 9.47 Å². The standard InChI is InChI=1S/C18H23NO2/c1-13-8-5-6-10-16(13)14(2)19-12-15-9-7-11-17(20-3)18(15)21-4/h5-11,14,19H,12H2,1-4H3/t14-/m1/s1. The van der Waals surface area contributed by atoms with Crippen LogP contribution in [-0.4, -0.2) is 14.2 Å². The van der Waals surface area contributed by atoms with Gasteiger partial charge in [0.05, 0.1) is 14.2 Å². The van der Waals surface area contributed by atoms with Gasteiger partial charge in [0.1, 0.15) is 0 Å². The molecule has 2 rings (SSSR count). The second-order valence-corrected chi connectivity index (χ2v) is 5.11. The Bertz CT molecular complexity index is 596. The molecule has 0 aliphatic rings. The fraction of sp³-hybridized carbons (Fsp3) is 0.333. The molecule has 0 spiro atoms. The topological polar surface area (TPSA) is 30.5 Å². The van der Waals surface area contributed by atoms with Crippen molar-refractivity contribution in [2.24, 2.45) is 0 Å². The molecule has 0 saturated carbocycles. The molecule has 0 bridgehead atoms. The van der Waals surface area contributed by atoms with E-state index in [0.29, 0.717) is 0 Å². The summed E-state index contributed by atoms with van der Waals surface area (Å²) in [6, 6.07) is 14.7. The van der Waals surface area contributed by atoms with Crippen molar-refractivity contribution in [3.63, 3.8) is 0 Å². The number of hydrogen-bond donors (Lipinski definition) is 1. The summed E-state index contributed by atoms with van der Waals surface area (Å²) in [6.45, 7) is 5.05. The van der Waals surface area contributed by atoms with Crippen LogP contribution in [0, 0.1) is 6.92 Å². The molecule has 2 aromatic carbocycles. The summed E-state index contributed by atoms with van der Waals surface area (Å²) in [7, 11) is 3.33. The quantitative estimate of drug-likeness (QED) is 0.874. The Labute approximate surface area is 126 Å². The van der Waals surface area contributed by atoms with Gasteiger partial charge in [-0.2, -0.15) is 0 Å². The van der Waals surface area contributed by atoms with E-state index in [9.17, 15) is 0 Å². The van der Waals surface area contributed by atoms with Gasteiger partial charge in [0.25, 0.3) is 0 Å². The summed E-state index contributed by atoms with van der Waals surface area (Å²) in [5.41, 5.74) is 3.71. The first-order chi connectivity index (χ1) is 10.2. The lowest BCUT2D eigenvalue weighted by atomic mass is 10.0.